The molecule has 1 heterocycles. The molecular weight excluding hydrogens is 646 g/mol. The normalized spacial score (nSPS) is 16.0. The van der Waals surface area contributed by atoms with Crippen LogP contribution in [0.1, 0.15) is 17.5 Å². The SMILES string of the molecule is C[N+](CCC#N)=C1C=CC(=C/C=C2\C=C(c3ccc(I)cc3)C=C(c3ccc(I)cc3)O2)C=C1. The third-order valence-electron chi connectivity index (χ3n) is 5.45. The smallest absolute Gasteiger partial charge is 0.199 e. The van der Waals surface area contributed by atoms with Crippen molar-refractivity contribution in [1.29, 1.82) is 5.26 Å². The number of rotatable bonds is 5. The fourth-order valence-electron chi connectivity index (χ4n) is 3.53. The maximum atomic E-state index is 8.80. The summed E-state index contributed by atoms with van der Waals surface area (Å²) in [5.74, 6) is 1.63. The molecule has 3 nitrogen and oxygen atoms in total. The zero-order valence-electron chi connectivity index (χ0n) is 18.7. The number of hydrogen-bond acceptors (Lipinski definition) is 2. The number of benzene rings is 2. The van der Waals surface area contributed by atoms with E-state index in [1.807, 2.05) is 13.1 Å². The molecule has 2 aromatic rings. The molecule has 34 heavy (non-hydrogen) atoms. The number of ether oxygens (including phenoxy) is 1. The molecule has 0 saturated carbocycles. The van der Waals surface area contributed by atoms with Crippen LogP contribution in [-0.2, 0) is 4.74 Å². The standard InChI is InChI=1S/C29H23I2N2O/c1-33(18-2-17-32)27-14-3-21(4-15-27)5-16-28-19-24(22-6-10-25(30)11-7-22)20-29(34-28)23-8-12-26(31)13-9-23/h3-16,19-20H,2,18H2,1H3/q+1/b21-5?,28-16+,33-27?. The van der Waals surface area contributed by atoms with Crippen molar-refractivity contribution < 1.29 is 9.31 Å². The van der Waals surface area contributed by atoms with Crippen molar-refractivity contribution in [2.75, 3.05) is 13.6 Å². The summed E-state index contributed by atoms with van der Waals surface area (Å²) in [5.41, 5.74) is 5.50. The van der Waals surface area contributed by atoms with Gasteiger partial charge in [-0.3, -0.25) is 0 Å². The monoisotopic (exact) mass is 669 g/mol. The Labute approximate surface area is 228 Å². The van der Waals surface area contributed by atoms with Crippen LogP contribution >= 0.6 is 45.2 Å². The summed E-state index contributed by atoms with van der Waals surface area (Å²) in [6, 6.07) is 19.1. The van der Waals surface area contributed by atoms with Crippen LogP contribution in [0.4, 0.5) is 0 Å². The molecule has 0 aromatic heterocycles. The van der Waals surface area contributed by atoms with Gasteiger partial charge >= 0.3 is 0 Å². The van der Waals surface area contributed by atoms with Crippen LogP contribution in [0.3, 0.4) is 0 Å². The highest BCUT2D eigenvalue weighted by molar-refractivity contribution is 14.1. The minimum Gasteiger partial charge on any atom is -0.457 e. The third kappa shape index (κ3) is 6.45. The van der Waals surface area contributed by atoms with E-state index in [0.717, 1.165) is 46.0 Å². The van der Waals surface area contributed by atoms with Crippen LogP contribution in [0.5, 0.6) is 0 Å². The molecule has 0 fully saturated rings. The van der Waals surface area contributed by atoms with Crippen LogP contribution in [0.25, 0.3) is 11.3 Å². The van der Waals surface area contributed by atoms with Gasteiger partial charge in [0.05, 0.1) is 12.5 Å². The minimum absolute atomic E-state index is 0.513. The Hall–Kier alpha value is -2.70. The van der Waals surface area contributed by atoms with E-state index in [4.69, 9.17) is 10.00 Å². The van der Waals surface area contributed by atoms with E-state index in [2.05, 4.69) is 147 Å². The van der Waals surface area contributed by atoms with Crippen molar-refractivity contribution in [3.8, 4) is 6.07 Å². The van der Waals surface area contributed by atoms with Gasteiger partial charge in [0.15, 0.2) is 12.3 Å². The fraction of sp³-hybridized carbons (Fsp3) is 0.103. The molecule has 0 amide bonds. The van der Waals surface area contributed by atoms with Crippen LogP contribution < -0.4 is 0 Å². The van der Waals surface area contributed by atoms with Crippen molar-refractivity contribution in [3.63, 3.8) is 0 Å². The van der Waals surface area contributed by atoms with Gasteiger partial charge in [0.25, 0.3) is 0 Å². The molecule has 0 N–H and O–H groups in total. The zero-order valence-corrected chi connectivity index (χ0v) is 23.0. The van der Waals surface area contributed by atoms with Crippen LogP contribution in [0.2, 0.25) is 0 Å². The first-order valence-electron chi connectivity index (χ1n) is 10.9. The largest absolute Gasteiger partial charge is 0.457 e. The molecule has 2 aliphatic rings. The average Bonchev–Trinajstić information content (AvgIpc) is 2.87. The first-order valence-corrected chi connectivity index (χ1v) is 13.0. The Morgan fingerprint density at radius 2 is 1.47 bits per heavy atom. The van der Waals surface area contributed by atoms with Crippen LogP contribution in [0, 0.1) is 18.5 Å². The first kappa shape index (κ1) is 24.4. The lowest BCUT2D eigenvalue weighted by Crippen LogP contribution is -2.16. The van der Waals surface area contributed by atoms with Gasteiger partial charge in [-0.05, 0) is 117 Å². The quantitative estimate of drug-likeness (QED) is 0.248. The highest BCUT2D eigenvalue weighted by Crippen LogP contribution is 2.32. The van der Waals surface area contributed by atoms with Gasteiger partial charge in [0.2, 0.25) is 0 Å². The first-order chi connectivity index (χ1) is 16.5. The van der Waals surface area contributed by atoms with Gasteiger partial charge in [0.1, 0.15) is 18.6 Å². The van der Waals surface area contributed by atoms with Gasteiger partial charge < -0.3 is 4.74 Å². The van der Waals surface area contributed by atoms with E-state index in [9.17, 15) is 0 Å². The molecule has 0 saturated heterocycles. The Kier molecular flexibility index (Phi) is 8.35. The van der Waals surface area contributed by atoms with Gasteiger partial charge in [-0.2, -0.15) is 5.26 Å². The van der Waals surface area contributed by atoms with E-state index in [1.54, 1.807) is 0 Å². The number of nitrogens with zero attached hydrogens (tertiary/aromatic N) is 2. The average molecular weight is 669 g/mol. The predicted molar refractivity (Wildman–Crippen MR) is 156 cm³/mol. The molecule has 0 unspecified atom stereocenters. The van der Waals surface area contributed by atoms with E-state index >= 15 is 0 Å². The zero-order chi connectivity index (χ0) is 23.9. The number of allylic oxidation sites excluding steroid dienone is 10. The molecule has 1 aliphatic heterocycles. The molecule has 2 aromatic carbocycles. The lowest BCUT2D eigenvalue weighted by Gasteiger charge is -2.18. The summed E-state index contributed by atoms with van der Waals surface area (Å²) in [6.07, 6.45) is 17.1. The summed E-state index contributed by atoms with van der Waals surface area (Å²) in [6.45, 7) is 0.719. The number of halogens is 2. The molecule has 5 heteroatoms. The second-order valence-corrected chi connectivity index (χ2v) is 10.4. The van der Waals surface area contributed by atoms with Gasteiger partial charge in [0, 0.05) is 24.9 Å². The molecule has 0 bridgehead atoms. The van der Waals surface area contributed by atoms with Crippen LogP contribution in [-0.4, -0.2) is 23.9 Å². The lowest BCUT2D eigenvalue weighted by atomic mass is 10.0. The second kappa shape index (κ2) is 11.6. The maximum absolute atomic E-state index is 8.80. The van der Waals surface area contributed by atoms with Crippen molar-refractivity contribution in [3.05, 3.63) is 127 Å². The highest BCUT2D eigenvalue weighted by Gasteiger charge is 2.14. The van der Waals surface area contributed by atoms with Crippen molar-refractivity contribution >= 4 is 62.2 Å². The van der Waals surface area contributed by atoms with E-state index in [-0.39, 0.29) is 0 Å². The number of nitriles is 1. The summed E-state index contributed by atoms with van der Waals surface area (Å²) in [5, 5.41) is 8.80. The van der Waals surface area contributed by atoms with E-state index in [0.29, 0.717) is 6.42 Å². The summed E-state index contributed by atoms with van der Waals surface area (Å²) in [4.78, 5) is 0. The highest BCUT2D eigenvalue weighted by atomic mass is 127. The molecule has 0 atom stereocenters. The molecule has 4 rings (SSSR count). The van der Waals surface area contributed by atoms with Gasteiger partial charge in [-0.1, -0.05) is 30.3 Å². The van der Waals surface area contributed by atoms with Gasteiger partial charge in [-0.25, -0.2) is 4.58 Å². The Balaban J connectivity index is 1.62. The topological polar surface area (TPSA) is 36.0 Å². The maximum Gasteiger partial charge on any atom is 0.199 e. The molecule has 1 aliphatic carbocycles. The van der Waals surface area contributed by atoms with E-state index in [1.165, 1.54) is 7.14 Å². The minimum atomic E-state index is 0.513. The van der Waals surface area contributed by atoms with Crippen molar-refractivity contribution in [2.45, 2.75) is 6.42 Å². The fourth-order valence-corrected chi connectivity index (χ4v) is 4.25. The van der Waals surface area contributed by atoms with Crippen molar-refractivity contribution in [1.82, 2.24) is 0 Å². The molecular formula is C29H23I2N2O+. The predicted octanol–water partition coefficient (Wildman–Crippen LogP) is 7.28. The lowest BCUT2D eigenvalue weighted by molar-refractivity contribution is -0.494. The second-order valence-electron chi connectivity index (χ2n) is 7.88. The molecule has 168 valence electrons. The Bertz CT molecular complexity index is 1310. The summed E-state index contributed by atoms with van der Waals surface area (Å²) in [7, 11) is 2.00. The van der Waals surface area contributed by atoms with Gasteiger partial charge in [-0.15, -0.1) is 0 Å². The summed E-state index contributed by atoms with van der Waals surface area (Å²) < 4.78 is 10.8. The molecule has 0 spiro atoms. The summed E-state index contributed by atoms with van der Waals surface area (Å²) >= 11 is 4.64. The van der Waals surface area contributed by atoms with Crippen molar-refractivity contribution in [2.24, 2.45) is 0 Å². The van der Waals surface area contributed by atoms with E-state index < -0.39 is 0 Å². The Morgan fingerprint density at radius 1 is 0.853 bits per heavy atom. The van der Waals surface area contributed by atoms with Crippen LogP contribution in [0.15, 0.2) is 108 Å². The Morgan fingerprint density at radius 3 is 2.09 bits per heavy atom. The molecule has 0 radical (unpaired) electrons. The number of hydrogen-bond donors (Lipinski definition) is 0. The third-order valence-corrected chi connectivity index (χ3v) is 6.89.